The largest absolute Gasteiger partial charge is 0.484 e. The van der Waals surface area contributed by atoms with Crippen molar-refractivity contribution in [2.24, 2.45) is 0 Å². The summed E-state index contributed by atoms with van der Waals surface area (Å²) in [5.74, 6) is -1.13. The molecule has 1 fully saturated rings. The summed E-state index contributed by atoms with van der Waals surface area (Å²) in [6.07, 6.45) is -0.766. The Labute approximate surface area is 120 Å². The van der Waals surface area contributed by atoms with E-state index in [0.29, 0.717) is 10.8 Å². The van der Waals surface area contributed by atoms with E-state index in [-0.39, 0.29) is 19.6 Å². The molecule has 1 aliphatic rings. The Kier molecular flexibility index (Phi) is 4.46. The molecule has 1 amide bonds. The molecule has 1 aromatic carbocycles. The van der Waals surface area contributed by atoms with Gasteiger partial charge >= 0.3 is 5.97 Å². The van der Waals surface area contributed by atoms with Gasteiger partial charge in [0.25, 0.3) is 5.91 Å². The Morgan fingerprint density at radius 1 is 1.35 bits per heavy atom. The monoisotopic (exact) mass is 299 g/mol. The molecule has 0 radical (unpaired) electrons. The van der Waals surface area contributed by atoms with Gasteiger partial charge in [0.05, 0.1) is 6.10 Å². The fraction of sp³-hybridized carbons (Fsp3) is 0.385. The van der Waals surface area contributed by atoms with Gasteiger partial charge in [-0.1, -0.05) is 11.6 Å². The number of carbonyl (C=O) groups excluding carboxylic acids is 1. The van der Waals surface area contributed by atoms with Gasteiger partial charge in [-0.05, 0) is 24.3 Å². The molecule has 20 heavy (non-hydrogen) atoms. The molecule has 0 aromatic heterocycles. The van der Waals surface area contributed by atoms with Crippen LogP contribution in [0.25, 0.3) is 0 Å². The van der Waals surface area contributed by atoms with Crippen LogP contribution in [0.2, 0.25) is 5.02 Å². The van der Waals surface area contributed by atoms with E-state index in [1.165, 1.54) is 0 Å². The molecular formula is C13H14ClNO5. The molecule has 6 nitrogen and oxygen atoms in total. The minimum Gasteiger partial charge on any atom is -0.484 e. The first-order chi connectivity index (χ1) is 9.47. The number of carbonyl (C=O) groups is 2. The van der Waals surface area contributed by atoms with Crippen molar-refractivity contribution in [3.63, 3.8) is 0 Å². The molecule has 0 bridgehead atoms. The van der Waals surface area contributed by atoms with Gasteiger partial charge in [-0.3, -0.25) is 4.79 Å². The number of halogens is 1. The zero-order valence-electron chi connectivity index (χ0n) is 10.5. The first-order valence-electron chi connectivity index (χ1n) is 6.06. The van der Waals surface area contributed by atoms with Crippen molar-refractivity contribution in [3.8, 4) is 5.75 Å². The van der Waals surface area contributed by atoms with E-state index in [4.69, 9.17) is 21.4 Å². The highest BCUT2D eigenvalue weighted by atomic mass is 35.5. The third kappa shape index (κ3) is 3.40. The molecule has 2 rings (SSSR count). The van der Waals surface area contributed by atoms with Crippen molar-refractivity contribution < 1.29 is 24.5 Å². The molecule has 0 aliphatic carbocycles. The van der Waals surface area contributed by atoms with Crippen LogP contribution in [0.3, 0.4) is 0 Å². The Hall–Kier alpha value is -1.79. The van der Waals surface area contributed by atoms with Gasteiger partial charge in [-0.2, -0.15) is 0 Å². The van der Waals surface area contributed by atoms with E-state index in [2.05, 4.69) is 0 Å². The summed E-state index contributed by atoms with van der Waals surface area (Å²) in [7, 11) is 0. The topological polar surface area (TPSA) is 87.1 Å². The lowest BCUT2D eigenvalue weighted by Crippen LogP contribution is -2.42. The third-order valence-corrected chi connectivity index (χ3v) is 3.31. The number of likely N-dealkylation sites (tertiary alicyclic amines) is 1. The Balaban J connectivity index is 1.94. The van der Waals surface area contributed by atoms with Crippen molar-refractivity contribution in [3.05, 3.63) is 29.3 Å². The van der Waals surface area contributed by atoms with Gasteiger partial charge in [0.15, 0.2) is 6.61 Å². The normalized spacial score (nSPS) is 21.8. The number of rotatable bonds is 4. The van der Waals surface area contributed by atoms with Crippen molar-refractivity contribution in [2.75, 3.05) is 13.2 Å². The van der Waals surface area contributed by atoms with Gasteiger partial charge in [0.2, 0.25) is 0 Å². The van der Waals surface area contributed by atoms with Crippen LogP contribution in [0.15, 0.2) is 24.3 Å². The Morgan fingerprint density at radius 3 is 2.60 bits per heavy atom. The number of aliphatic hydroxyl groups excluding tert-OH is 1. The fourth-order valence-electron chi connectivity index (χ4n) is 2.08. The predicted molar refractivity (Wildman–Crippen MR) is 70.7 cm³/mol. The van der Waals surface area contributed by atoms with Crippen LogP contribution in [0, 0.1) is 0 Å². The molecule has 1 heterocycles. The van der Waals surface area contributed by atoms with Gasteiger partial charge in [-0.15, -0.1) is 0 Å². The number of nitrogens with zero attached hydrogens (tertiary/aromatic N) is 1. The summed E-state index contributed by atoms with van der Waals surface area (Å²) in [5.41, 5.74) is 0. The number of β-amino-alcohol motifs (C(OH)–C–C–N with tert-alkyl or cyclic N) is 1. The number of aliphatic hydroxyl groups is 1. The van der Waals surface area contributed by atoms with Crippen molar-refractivity contribution in [1.29, 1.82) is 0 Å². The van der Waals surface area contributed by atoms with E-state index in [1.807, 2.05) is 0 Å². The van der Waals surface area contributed by atoms with Gasteiger partial charge in [0.1, 0.15) is 11.8 Å². The second kappa shape index (κ2) is 6.11. The summed E-state index contributed by atoms with van der Waals surface area (Å²) < 4.78 is 5.27. The number of carboxylic acid groups (broad SMARTS) is 1. The zero-order valence-corrected chi connectivity index (χ0v) is 11.3. The molecule has 1 aromatic rings. The molecule has 108 valence electrons. The van der Waals surface area contributed by atoms with Gasteiger partial charge in [-0.25, -0.2) is 4.79 Å². The second-order valence-corrected chi connectivity index (χ2v) is 4.97. The highest BCUT2D eigenvalue weighted by molar-refractivity contribution is 6.30. The van der Waals surface area contributed by atoms with Crippen molar-refractivity contribution >= 4 is 23.5 Å². The summed E-state index contributed by atoms with van der Waals surface area (Å²) in [5, 5.41) is 19.0. The third-order valence-electron chi connectivity index (χ3n) is 3.06. The fourth-order valence-corrected chi connectivity index (χ4v) is 2.21. The molecule has 7 heteroatoms. The number of benzene rings is 1. The quantitative estimate of drug-likeness (QED) is 0.857. The molecular weight excluding hydrogens is 286 g/mol. The average Bonchev–Trinajstić information content (AvgIpc) is 2.80. The minimum atomic E-state index is -1.12. The Morgan fingerprint density at radius 2 is 2.00 bits per heavy atom. The number of aliphatic carboxylic acids is 1. The van der Waals surface area contributed by atoms with E-state index < -0.39 is 24.0 Å². The van der Waals surface area contributed by atoms with Crippen LogP contribution < -0.4 is 4.74 Å². The molecule has 2 atom stereocenters. The first-order valence-corrected chi connectivity index (χ1v) is 6.44. The SMILES string of the molecule is O=C(O)C1CC(O)CN1C(=O)COc1ccc(Cl)cc1. The van der Waals surface area contributed by atoms with Crippen LogP contribution >= 0.6 is 11.6 Å². The number of amides is 1. The highest BCUT2D eigenvalue weighted by Crippen LogP contribution is 2.19. The first kappa shape index (κ1) is 14.6. The van der Waals surface area contributed by atoms with Gasteiger partial charge in [0, 0.05) is 18.0 Å². The predicted octanol–water partition coefficient (Wildman–Crippen LogP) is 0.765. The molecule has 1 aliphatic heterocycles. The lowest BCUT2D eigenvalue weighted by molar-refractivity contribution is -0.148. The zero-order chi connectivity index (χ0) is 14.7. The van der Waals surface area contributed by atoms with Crippen molar-refractivity contribution in [2.45, 2.75) is 18.6 Å². The molecule has 0 saturated carbocycles. The maximum atomic E-state index is 11.9. The second-order valence-electron chi connectivity index (χ2n) is 4.53. The molecule has 1 saturated heterocycles. The van der Waals surface area contributed by atoms with Crippen LogP contribution in [0.5, 0.6) is 5.75 Å². The summed E-state index contributed by atoms with van der Waals surface area (Å²) >= 11 is 5.72. The van der Waals surface area contributed by atoms with Crippen LogP contribution in [-0.2, 0) is 9.59 Å². The van der Waals surface area contributed by atoms with Crippen LogP contribution in [0.1, 0.15) is 6.42 Å². The van der Waals surface area contributed by atoms with E-state index >= 15 is 0 Å². The lowest BCUT2D eigenvalue weighted by atomic mass is 10.2. The molecule has 2 N–H and O–H groups in total. The number of carboxylic acids is 1. The van der Waals surface area contributed by atoms with Gasteiger partial charge < -0.3 is 19.8 Å². The summed E-state index contributed by atoms with van der Waals surface area (Å²) in [6.45, 7) is -0.266. The van der Waals surface area contributed by atoms with E-state index in [1.54, 1.807) is 24.3 Å². The lowest BCUT2D eigenvalue weighted by Gasteiger charge is -2.21. The van der Waals surface area contributed by atoms with Crippen molar-refractivity contribution in [1.82, 2.24) is 4.90 Å². The van der Waals surface area contributed by atoms with Crippen LogP contribution in [-0.4, -0.2) is 52.3 Å². The maximum Gasteiger partial charge on any atom is 0.326 e. The minimum absolute atomic E-state index is 0.0137. The number of ether oxygens (including phenoxy) is 1. The standard InChI is InChI=1S/C13H14ClNO5/c14-8-1-3-10(4-2-8)20-7-12(17)15-6-9(16)5-11(15)13(18)19/h1-4,9,11,16H,5-7H2,(H,18,19). The average molecular weight is 300 g/mol. The highest BCUT2D eigenvalue weighted by Gasteiger charge is 2.38. The Bertz CT molecular complexity index is 504. The van der Waals surface area contributed by atoms with E-state index in [0.717, 1.165) is 4.90 Å². The number of hydrogen-bond acceptors (Lipinski definition) is 4. The van der Waals surface area contributed by atoms with Crippen LogP contribution in [0.4, 0.5) is 0 Å². The molecule has 2 unspecified atom stereocenters. The summed E-state index contributed by atoms with van der Waals surface area (Å²) in [6, 6.07) is 5.49. The van der Waals surface area contributed by atoms with E-state index in [9.17, 15) is 14.7 Å². The maximum absolute atomic E-state index is 11.9. The smallest absolute Gasteiger partial charge is 0.326 e. The summed E-state index contributed by atoms with van der Waals surface area (Å²) in [4.78, 5) is 24.1. The number of hydrogen-bond donors (Lipinski definition) is 2. The molecule has 0 spiro atoms.